The average Bonchev–Trinajstić information content (AvgIpc) is 2.80. The number of nitrogens with one attached hydrogen (secondary N) is 1. The van der Waals surface area contributed by atoms with Crippen LogP contribution in [0.5, 0.6) is 0 Å². The van der Waals surface area contributed by atoms with E-state index in [0.717, 1.165) is 25.9 Å². The van der Waals surface area contributed by atoms with Crippen molar-refractivity contribution in [2.24, 2.45) is 0 Å². The zero-order valence-corrected chi connectivity index (χ0v) is 12.7. The highest BCUT2D eigenvalue weighted by molar-refractivity contribution is 7.91. The van der Waals surface area contributed by atoms with Crippen LogP contribution < -0.4 is 5.32 Å². The molecule has 0 aromatic carbocycles. The fourth-order valence-electron chi connectivity index (χ4n) is 4.18. The number of rotatable bonds is 1. The molecule has 0 radical (unpaired) electrons. The van der Waals surface area contributed by atoms with Crippen LogP contribution in [0.1, 0.15) is 45.4 Å². The van der Waals surface area contributed by atoms with Gasteiger partial charge in [-0.25, -0.2) is 8.42 Å². The van der Waals surface area contributed by atoms with Crippen molar-refractivity contribution in [3.8, 4) is 0 Å². The van der Waals surface area contributed by atoms with Crippen molar-refractivity contribution < 1.29 is 8.42 Å². The summed E-state index contributed by atoms with van der Waals surface area (Å²) in [5.74, 6) is 0.780. The first-order valence-corrected chi connectivity index (χ1v) is 9.53. The molecule has 0 aromatic heterocycles. The molecule has 2 unspecified atom stereocenters. The van der Waals surface area contributed by atoms with Gasteiger partial charge in [0.05, 0.1) is 11.5 Å². The van der Waals surface area contributed by atoms with E-state index in [4.69, 9.17) is 0 Å². The van der Waals surface area contributed by atoms with Crippen molar-refractivity contribution in [3.63, 3.8) is 0 Å². The van der Waals surface area contributed by atoms with Gasteiger partial charge in [-0.15, -0.1) is 0 Å². The van der Waals surface area contributed by atoms with Crippen LogP contribution in [0, 0.1) is 0 Å². The fourth-order valence-corrected chi connectivity index (χ4v) is 5.90. The van der Waals surface area contributed by atoms with Crippen LogP contribution in [0.15, 0.2) is 0 Å². The molecule has 5 heteroatoms. The molecule has 3 fully saturated rings. The second kappa shape index (κ2) is 5.01. The first kappa shape index (κ1) is 13.8. The third-order valence-electron chi connectivity index (χ3n) is 5.29. The predicted molar refractivity (Wildman–Crippen MR) is 77.0 cm³/mol. The van der Waals surface area contributed by atoms with Gasteiger partial charge >= 0.3 is 0 Å². The van der Waals surface area contributed by atoms with Crippen LogP contribution in [-0.4, -0.2) is 55.5 Å². The van der Waals surface area contributed by atoms with Gasteiger partial charge in [-0.2, -0.15) is 0 Å². The van der Waals surface area contributed by atoms with E-state index in [9.17, 15) is 8.42 Å². The van der Waals surface area contributed by atoms with Gasteiger partial charge < -0.3 is 5.32 Å². The normalized spacial score (nSPS) is 38.6. The molecule has 1 spiro atoms. The number of hydrogen-bond acceptors (Lipinski definition) is 4. The van der Waals surface area contributed by atoms with E-state index in [1.54, 1.807) is 0 Å². The van der Waals surface area contributed by atoms with Crippen LogP contribution in [0.25, 0.3) is 0 Å². The highest BCUT2D eigenvalue weighted by Crippen LogP contribution is 2.35. The molecule has 19 heavy (non-hydrogen) atoms. The first-order chi connectivity index (χ1) is 9.00. The summed E-state index contributed by atoms with van der Waals surface area (Å²) in [6, 6.07) is 0.720. The Hall–Kier alpha value is -0.130. The van der Waals surface area contributed by atoms with Gasteiger partial charge in [0.15, 0.2) is 9.84 Å². The Balaban J connectivity index is 1.74. The monoisotopic (exact) mass is 286 g/mol. The Morgan fingerprint density at radius 3 is 2.63 bits per heavy atom. The van der Waals surface area contributed by atoms with E-state index in [0.29, 0.717) is 17.5 Å². The topological polar surface area (TPSA) is 49.4 Å². The van der Waals surface area contributed by atoms with E-state index in [1.165, 1.54) is 25.7 Å². The minimum atomic E-state index is -2.80. The highest BCUT2D eigenvalue weighted by Gasteiger charge is 2.43. The van der Waals surface area contributed by atoms with Crippen LogP contribution >= 0.6 is 0 Å². The van der Waals surface area contributed by atoms with Crippen LogP contribution in [0.2, 0.25) is 0 Å². The van der Waals surface area contributed by atoms with Crippen LogP contribution in [0.4, 0.5) is 0 Å². The third-order valence-corrected chi connectivity index (χ3v) is 7.10. The molecule has 1 N–H and O–H groups in total. The van der Waals surface area contributed by atoms with Gasteiger partial charge in [-0.05, 0) is 32.6 Å². The first-order valence-electron chi connectivity index (χ1n) is 7.71. The van der Waals surface area contributed by atoms with Crippen molar-refractivity contribution in [2.75, 3.05) is 24.6 Å². The van der Waals surface area contributed by atoms with Gasteiger partial charge in [0.1, 0.15) is 0 Å². The summed E-state index contributed by atoms with van der Waals surface area (Å²) in [5, 5.41) is 3.74. The lowest BCUT2D eigenvalue weighted by Gasteiger charge is -2.49. The van der Waals surface area contributed by atoms with Crippen molar-refractivity contribution >= 4 is 9.84 Å². The number of hydrogen-bond donors (Lipinski definition) is 1. The van der Waals surface area contributed by atoms with E-state index in [1.807, 2.05) is 0 Å². The molecule has 0 aromatic rings. The molecule has 110 valence electrons. The summed E-state index contributed by atoms with van der Waals surface area (Å²) < 4.78 is 23.8. The van der Waals surface area contributed by atoms with Crippen molar-refractivity contribution in [1.29, 1.82) is 0 Å². The van der Waals surface area contributed by atoms with Crippen LogP contribution in [0.3, 0.4) is 0 Å². The molecular formula is C14H26N2O2S. The second-order valence-electron chi connectivity index (χ2n) is 6.80. The maximum absolute atomic E-state index is 11.9. The second-order valence-corrected chi connectivity index (χ2v) is 9.03. The molecule has 3 rings (SSSR count). The summed E-state index contributed by atoms with van der Waals surface area (Å²) in [4.78, 5) is 2.50. The molecule has 2 atom stereocenters. The summed E-state index contributed by atoms with van der Waals surface area (Å²) in [6.07, 6.45) is 7.05. The molecule has 2 saturated heterocycles. The Morgan fingerprint density at radius 1 is 1.21 bits per heavy atom. The molecule has 2 aliphatic heterocycles. The molecule has 0 amide bonds. The zero-order chi connectivity index (χ0) is 13.5. The summed E-state index contributed by atoms with van der Waals surface area (Å²) in [5.41, 5.74) is 0.285. The number of piperazine rings is 1. The Kier molecular flexibility index (Phi) is 3.65. The Morgan fingerprint density at radius 2 is 1.95 bits per heavy atom. The maximum atomic E-state index is 11.9. The maximum Gasteiger partial charge on any atom is 0.151 e. The van der Waals surface area contributed by atoms with Gasteiger partial charge in [0, 0.05) is 30.7 Å². The van der Waals surface area contributed by atoms with Crippen LogP contribution in [-0.2, 0) is 9.84 Å². The molecule has 2 heterocycles. The van der Waals surface area contributed by atoms with Gasteiger partial charge in [-0.1, -0.05) is 12.8 Å². The molecular weight excluding hydrogens is 260 g/mol. The lowest BCUT2D eigenvalue weighted by atomic mass is 9.91. The van der Waals surface area contributed by atoms with Gasteiger partial charge in [0.25, 0.3) is 0 Å². The Labute approximate surface area is 116 Å². The molecule has 1 aliphatic carbocycles. The standard InChI is InChI=1S/C14H26N2O2S/c1-12-9-15-14(6-2-3-7-14)11-16(12)13-5-4-8-19(17,18)10-13/h12-13,15H,2-11H2,1H3. The number of sulfone groups is 1. The lowest BCUT2D eigenvalue weighted by molar-refractivity contribution is 0.0532. The summed E-state index contributed by atoms with van der Waals surface area (Å²) >= 11 is 0. The largest absolute Gasteiger partial charge is 0.308 e. The molecule has 3 aliphatic rings. The minimum Gasteiger partial charge on any atom is -0.308 e. The van der Waals surface area contributed by atoms with Crippen molar-refractivity contribution in [3.05, 3.63) is 0 Å². The number of nitrogens with zero attached hydrogens (tertiary/aromatic N) is 1. The molecule has 1 saturated carbocycles. The quantitative estimate of drug-likeness (QED) is 0.786. The predicted octanol–water partition coefficient (Wildman–Crippen LogP) is 1.17. The lowest BCUT2D eigenvalue weighted by Crippen LogP contribution is -2.65. The summed E-state index contributed by atoms with van der Waals surface area (Å²) in [7, 11) is -2.80. The van der Waals surface area contributed by atoms with Gasteiger partial charge in [-0.3, -0.25) is 4.90 Å². The van der Waals surface area contributed by atoms with Gasteiger partial charge in [0.2, 0.25) is 0 Å². The smallest absolute Gasteiger partial charge is 0.151 e. The minimum absolute atomic E-state index is 0.258. The zero-order valence-electron chi connectivity index (χ0n) is 11.9. The van der Waals surface area contributed by atoms with E-state index >= 15 is 0 Å². The Bertz CT molecular complexity index is 429. The van der Waals surface area contributed by atoms with E-state index < -0.39 is 9.84 Å². The third kappa shape index (κ3) is 2.83. The highest BCUT2D eigenvalue weighted by atomic mass is 32.2. The van der Waals surface area contributed by atoms with Crippen molar-refractivity contribution in [1.82, 2.24) is 10.2 Å². The SMILES string of the molecule is CC1CNC2(CCCC2)CN1C1CCCS(=O)(=O)C1. The summed E-state index contributed by atoms with van der Waals surface area (Å²) in [6.45, 7) is 4.29. The fraction of sp³-hybridized carbons (Fsp3) is 1.00. The van der Waals surface area contributed by atoms with E-state index in [2.05, 4.69) is 17.1 Å². The molecule has 4 nitrogen and oxygen atoms in total. The average molecular weight is 286 g/mol. The van der Waals surface area contributed by atoms with E-state index in [-0.39, 0.29) is 11.6 Å². The molecule has 0 bridgehead atoms. The van der Waals surface area contributed by atoms with Crippen molar-refractivity contribution in [2.45, 2.75) is 63.1 Å².